The van der Waals surface area contributed by atoms with Crippen molar-refractivity contribution in [2.75, 3.05) is 0 Å². The number of hydrogen-bond acceptors (Lipinski definition) is 3. The molecular formula is C18H13BrN2O2. The van der Waals surface area contributed by atoms with E-state index in [1.165, 1.54) is 6.21 Å². The molecule has 0 radical (unpaired) electrons. The van der Waals surface area contributed by atoms with E-state index in [1.807, 2.05) is 30.3 Å². The minimum Gasteiger partial charge on any atom is -0.507 e. The molecule has 0 spiro atoms. The highest BCUT2D eigenvalue weighted by Gasteiger charge is 2.06. The van der Waals surface area contributed by atoms with E-state index in [-0.39, 0.29) is 11.7 Å². The number of phenolic OH excluding ortho intramolecular Hbond substituents is 1. The van der Waals surface area contributed by atoms with Crippen LogP contribution in [0.5, 0.6) is 5.75 Å². The first-order valence-corrected chi connectivity index (χ1v) is 7.74. The number of hydrogen-bond donors (Lipinski definition) is 2. The van der Waals surface area contributed by atoms with Crippen molar-refractivity contribution in [3.63, 3.8) is 0 Å². The van der Waals surface area contributed by atoms with Crippen LogP contribution in [0.15, 0.2) is 70.2 Å². The number of rotatable bonds is 3. The Hall–Kier alpha value is -2.66. The molecule has 0 aliphatic carbocycles. The lowest BCUT2D eigenvalue weighted by molar-refractivity contribution is 0.0955. The van der Waals surface area contributed by atoms with Gasteiger partial charge in [0.05, 0.1) is 6.21 Å². The summed E-state index contributed by atoms with van der Waals surface area (Å²) in [6.07, 6.45) is 1.45. The van der Waals surface area contributed by atoms with Gasteiger partial charge >= 0.3 is 0 Å². The first kappa shape index (κ1) is 15.2. The van der Waals surface area contributed by atoms with Gasteiger partial charge in [0.15, 0.2) is 0 Å². The number of benzene rings is 3. The van der Waals surface area contributed by atoms with Crippen molar-refractivity contribution >= 4 is 38.8 Å². The fraction of sp³-hybridized carbons (Fsp3) is 0. The third-order valence-corrected chi connectivity index (χ3v) is 3.94. The smallest absolute Gasteiger partial charge is 0.271 e. The number of halogens is 1. The second-order valence-electron chi connectivity index (χ2n) is 4.93. The normalized spacial score (nSPS) is 11.0. The van der Waals surface area contributed by atoms with Gasteiger partial charge in [0.25, 0.3) is 5.91 Å². The third kappa shape index (κ3) is 3.40. The lowest BCUT2D eigenvalue weighted by atomic mass is 10.0. The van der Waals surface area contributed by atoms with E-state index in [9.17, 15) is 9.90 Å². The minimum atomic E-state index is -0.312. The summed E-state index contributed by atoms with van der Waals surface area (Å²) in [5.41, 5.74) is 3.54. The lowest BCUT2D eigenvalue weighted by Gasteiger charge is -2.05. The van der Waals surface area contributed by atoms with Gasteiger partial charge in [0.1, 0.15) is 5.75 Å². The zero-order valence-corrected chi connectivity index (χ0v) is 13.6. The number of aromatic hydroxyl groups is 1. The van der Waals surface area contributed by atoms with Crippen LogP contribution in [0.1, 0.15) is 15.9 Å². The van der Waals surface area contributed by atoms with Gasteiger partial charge in [-0.25, -0.2) is 5.43 Å². The molecule has 3 rings (SSSR count). The zero-order valence-electron chi connectivity index (χ0n) is 12.0. The summed E-state index contributed by atoms with van der Waals surface area (Å²) in [6, 6.07) is 18.1. The van der Waals surface area contributed by atoms with Crippen LogP contribution in [0.25, 0.3) is 10.8 Å². The van der Waals surface area contributed by atoms with Gasteiger partial charge in [0, 0.05) is 15.6 Å². The van der Waals surface area contributed by atoms with Crippen molar-refractivity contribution in [3.05, 3.63) is 76.3 Å². The van der Waals surface area contributed by atoms with Crippen LogP contribution >= 0.6 is 15.9 Å². The number of phenols is 1. The van der Waals surface area contributed by atoms with Crippen molar-refractivity contribution < 1.29 is 9.90 Å². The maximum atomic E-state index is 12.0. The number of hydrazone groups is 1. The number of carbonyl (C=O) groups excluding carboxylic acids is 1. The van der Waals surface area contributed by atoms with Gasteiger partial charge in [-0.3, -0.25) is 4.79 Å². The molecule has 5 heteroatoms. The monoisotopic (exact) mass is 368 g/mol. The molecule has 1 amide bonds. The van der Waals surface area contributed by atoms with E-state index in [0.29, 0.717) is 11.1 Å². The van der Waals surface area contributed by atoms with Gasteiger partial charge < -0.3 is 5.11 Å². The van der Waals surface area contributed by atoms with E-state index in [1.54, 1.807) is 30.3 Å². The Morgan fingerprint density at radius 3 is 2.57 bits per heavy atom. The number of nitrogens with zero attached hydrogens (tertiary/aromatic N) is 1. The quantitative estimate of drug-likeness (QED) is 0.540. The SMILES string of the molecule is O=C(NN=Cc1c(O)ccc2ccccc12)c1ccc(Br)cc1. The molecule has 0 saturated heterocycles. The third-order valence-electron chi connectivity index (χ3n) is 3.41. The Morgan fingerprint density at radius 2 is 1.78 bits per heavy atom. The summed E-state index contributed by atoms with van der Waals surface area (Å²) in [5.74, 6) is -0.196. The predicted molar refractivity (Wildman–Crippen MR) is 94.8 cm³/mol. The van der Waals surface area contributed by atoms with Gasteiger partial charge in [-0.1, -0.05) is 46.3 Å². The van der Waals surface area contributed by atoms with Crippen LogP contribution in [0.4, 0.5) is 0 Å². The predicted octanol–water partition coefficient (Wildman–Crippen LogP) is 4.07. The van der Waals surface area contributed by atoms with Crippen LogP contribution in [-0.2, 0) is 0 Å². The molecule has 0 aromatic heterocycles. The maximum absolute atomic E-state index is 12.0. The van der Waals surface area contributed by atoms with Gasteiger partial charge in [-0.05, 0) is 41.1 Å². The first-order valence-electron chi connectivity index (χ1n) is 6.95. The highest BCUT2D eigenvalue weighted by Crippen LogP contribution is 2.25. The van der Waals surface area contributed by atoms with Gasteiger partial charge in [0.2, 0.25) is 0 Å². The zero-order chi connectivity index (χ0) is 16.2. The fourth-order valence-electron chi connectivity index (χ4n) is 2.24. The summed E-state index contributed by atoms with van der Waals surface area (Å²) >= 11 is 3.32. The summed E-state index contributed by atoms with van der Waals surface area (Å²) in [5, 5.41) is 15.8. The van der Waals surface area contributed by atoms with E-state index >= 15 is 0 Å². The average Bonchev–Trinajstić information content (AvgIpc) is 2.57. The van der Waals surface area contributed by atoms with Crippen molar-refractivity contribution in [3.8, 4) is 5.75 Å². The summed E-state index contributed by atoms with van der Waals surface area (Å²) in [6.45, 7) is 0. The average molecular weight is 369 g/mol. The Kier molecular flexibility index (Phi) is 4.39. The summed E-state index contributed by atoms with van der Waals surface area (Å²) < 4.78 is 0.901. The van der Waals surface area contributed by atoms with Crippen molar-refractivity contribution in [1.82, 2.24) is 5.43 Å². The Bertz CT molecular complexity index is 889. The molecule has 0 saturated carbocycles. The molecule has 3 aromatic carbocycles. The molecule has 23 heavy (non-hydrogen) atoms. The molecule has 0 aliphatic rings. The number of nitrogens with one attached hydrogen (secondary N) is 1. The molecule has 114 valence electrons. The molecule has 0 unspecified atom stereocenters. The van der Waals surface area contributed by atoms with Gasteiger partial charge in [-0.15, -0.1) is 0 Å². The Labute approximate surface area is 141 Å². The summed E-state index contributed by atoms with van der Waals surface area (Å²) in [7, 11) is 0. The molecule has 0 fully saturated rings. The molecule has 0 atom stereocenters. The standard InChI is InChI=1S/C18H13BrN2O2/c19-14-8-5-13(6-9-14)18(23)21-20-11-16-15-4-2-1-3-12(15)7-10-17(16)22/h1-11,22H,(H,21,23). The van der Waals surface area contributed by atoms with E-state index in [0.717, 1.165) is 15.2 Å². The molecule has 0 aliphatic heterocycles. The molecule has 2 N–H and O–H groups in total. The Balaban J connectivity index is 1.82. The van der Waals surface area contributed by atoms with Crippen molar-refractivity contribution in [2.45, 2.75) is 0 Å². The number of amides is 1. The molecule has 0 heterocycles. The van der Waals surface area contributed by atoms with Crippen molar-refractivity contribution in [2.24, 2.45) is 5.10 Å². The molecule has 4 nitrogen and oxygen atoms in total. The van der Waals surface area contributed by atoms with E-state index < -0.39 is 0 Å². The molecule has 3 aromatic rings. The Morgan fingerprint density at radius 1 is 1.04 bits per heavy atom. The largest absolute Gasteiger partial charge is 0.507 e. The second-order valence-corrected chi connectivity index (χ2v) is 5.84. The summed E-state index contributed by atoms with van der Waals surface area (Å²) in [4.78, 5) is 12.0. The van der Waals surface area contributed by atoms with Crippen LogP contribution in [-0.4, -0.2) is 17.2 Å². The number of carbonyl (C=O) groups is 1. The lowest BCUT2D eigenvalue weighted by Crippen LogP contribution is -2.17. The van der Waals surface area contributed by atoms with E-state index in [4.69, 9.17) is 0 Å². The fourth-order valence-corrected chi connectivity index (χ4v) is 2.51. The van der Waals surface area contributed by atoms with Crippen molar-refractivity contribution in [1.29, 1.82) is 0 Å². The highest BCUT2D eigenvalue weighted by atomic mass is 79.9. The highest BCUT2D eigenvalue weighted by molar-refractivity contribution is 9.10. The van der Waals surface area contributed by atoms with Crippen LogP contribution < -0.4 is 5.43 Å². The maximum Gasteiger partial charge on any atom is 0.271 e. The van der Waals surface area contributed by atoms with Gasteiger partial charge in [-0.2, -0.15) is 5.10 Å². The van der Waals surface area contributed by atoms with E-state index in [2.05, 4.69) is 26.5 Å². The minimum absolute atomic E-state index is 0.116. The molecular weight excluding hydrogens is 356 g/mol. The second kappa shape index (κ2) is 6.62. The van der Waals surface area contributed by atoms with Crippen LogP contribution in [0.2, 0.25) is 0 Å². The number of fused-ring (bicyclic) bond motifs is 1. The van der Waals surface area contributed by atoms with Crippen LogP contribution in [0.3, 0.4) is 0 Å². The van der Waals surface area contributed by atoms with Crippen LogP contribution in [0, 0.1) is 0 Å². The first-order chi connectivity index (χ1) is 11.1. The molecule has 0 bridgehead atoms. The topological polar surface area (TPSA) is 61.7 Å².